The van der Waals surface area contributed by atoms with E-state index in [2.05, 4.69) is 9.71 Å². The molecule has 0 atom stereocenters. The molecule has 1 N–H and O–H groups in total. The zero-order valence-electron chi connectivity index (χ0n) is 11.1. The van der Waals surface area contributed by atoms with Crippen molar-refractivity contribution in [1.29, 1.82) is 0 Å². The van der Waals surface area contributed by atoms with E-state index in [9.17, 15) is 13.2 Å². The Morgan fingerprint density at radius 1 is 0.955 bits per heavy atom. The van der Waals surface area contributed by atoms with E-state index in [0.717, 1.165) is 22.1 Å². The van der Waals surface area contributed by atoms with Gasteiger partial charge < -0.3 is 4.72 Å². The summed E-state index contributed by atoms with van der Waals surface area (Å²) in [5, 5.41) is 0.112. The van der Waals surface area contributed by atoms with Crippen LogP contribution in [-0.4, -0.2) is 4.98 Å². The SMILES string of the molecule is FC(F)(F)c1ccnc2c3c(ccc12)-c1ccccc1SN3. The van der Waals surface area contributed by atoms with E-state index in [1.54, 1.807) is 6.07 Å². The fourth-order valence-electron chi connectivity index (χ4n) is 2.68. The molecule has 0 amide bonds. The molecule has 0 aliphatic carbocycles. The van der Waals surface area contributed by atoms with Gasteiger partial charge in [0.15, 0.2) is 0 Å². The summed E-state index contributed by atoms with van der Waals surface area (Å²) in [6.07, 6.45) is -3.19. The molecule has 3 aromatic rings. The Bertz CT molecular complexity index is 890. The Labute approximate surface area is 128 Å². The van der Waals surface area contributed by atoms with E-state index in [4.69, 9.17) is 0 Å². The molecule has 1 aliphatic rings. The zero-order valence-corrected chi connectivity index (χ0v) is 11.9. The molecular weight excluding hydrogens is 309 g/mol. The van der Waals surface area contributed by atoms with Crippen molar-refractivity contribution in [3.8, 4) is 11.1 Å². The number of hydrogen-bond donors (Lipinski definition) is 1. The maximum atomic E-state index is 13.1. The standard InChI is InChI=1S/C16H9F3N2S/c17-16(18,19)12-7-8-20-14-11(12)6-5-10-9-3-1-2-4-13(9)22-21-15(10)14/h1-8,21H. The summed E-state index contributed by atoms with van der Waals surface area (Å²) in [6.45, 7) is 0. The second-order valence-electron chi connectivity index (χ2n) is 4.94. The van der Waals surface area contributed by atoms with Crippen molar-refractivity contribution in [3.63, 3.8) is 0 Å². The van der Waals surface area contributed by atoms with E-state index in [1.165, 1.54) is 24.2 Å². The lowest BCUT2D eigenvalue weighted by molar-refractivity contribution is -0.136. The lowest BCUT2D eigenvalue weighted by atomic mass is 9.99. The molecule has 22 heavy (non-hydrogen) atoms. The number of pyridine rings is 1. The maximum Gasteiger partial charge on any atom is 0.417 e. The number of hydrogen-bond acceptors (Lipinski definition) is 3. The molecule has 0 fully saturated rings. The van der Waals surface area contributed by atoms with Gasteiger partial charge in [-0.05, 0) is 29.6 Å². The topological polar surface area (TPSA) is 24.9 Å². The summed E-state index contributed by atoms with van der Waals surface area (Å²) in [7, 11) is 0. The number of halogens is 3. The molecule has 0 spiro atoms. The first-order valence-electron chi connectivity index (χ1n) is 6.57. The number of alkyl halides is 3. The number of aromatic nitrogens is 1. The third-order valence-corrected chi connectivity index (χ3v) is 4.54. The molecule has 0 radical (unpaired) electrons. The van der Waals surface area contributed by atoms with Crippen LogP contribution in [0.2, 0.25) is 0 Å². The average Bonchev–Trinajstić information content (AvgIpc) is 2.52. The van der Waals surface area contributed by atoms with Crippen molar-refractivity contribution in [3.05, 3.63) is 54.2 Å². The van der Waals surface area contributed by atoms with Crippen LogP contribution >= 0.6 is 11.9 Å². The van der Waals surface area contributed by atoms with Crippen LogP contribution in [0.3, 0.4) is 0 Å². The first-order chi connectivity index (χ1) is 10.6. The summed E-state index contributed by atoms with van der Waals surface area (Å²) < 4.78 is 42.5. The summed E-state index contributed by atoms with van der Waals surface area (Å²) >= 11 is 1.39. The summed E-state index contributed by atoms with van der Waals surface area (Å²) in [6, 6.07) is 12.0. The highest BCUT2D eigenvalue weighted by atomic mass is 32.2. The fourth-order valence-corrected chi connectivity index (χ4v) is 3.53. The lowest BCUT2D eigenvalue weighted by Crippen LogP contribution is -2.07. The highest BCUT2D eigenvalue weighted by Crippen LogP contribution is 2.46. The number of benzene rings is 2. The van der Waals surface area contributed by atoms with Gasteiger partial charge in [0, 0.05) is 22.0 Å². The van der Waals surface area contributed by atoms with Crippen molar-refractivity contribution in [1.82, 2.24) is 4.98 Å². The normalized spacial score (nSPS) is 13.4. The minimum absolute atomic E-state index is 0.112. The van der Waals surface area contributed by atoms with Crippen LogP contribution in [0.4, 0.5) is 18.9 Å². The van der Waals surface area contributed by atoms with E-state index in [1.807, 2.05) is 24.3 Å². The fraction of sp³-hybridized carbons (Fsp3) is 0.0625. The minimum Gasteiger partial charge on any atom is -0.323 e. The molecule has 6 heteroatoms. The molecule has 0 saturated carbocycles. The molecule has 2 aromatic carbocycles. The van der Waals surface area contributed by atoms with Crippen molar-refractivity contribution >= 4 is 28.5 Å². The molecule has 110 valence electrons. The van der Waals surface area contributed by atoms with Gasteiger partial charge in [0.25, 0.3) is 0 Å². The third-order valence-electron chi connectivity index (χ3n) is 3.66. The van der Waals surface area contributed by atoms with Gasteiger partial charge >= 0.3 is 6.18 Å². The van der Waals surface area contributed by atoms with Gasteiger partial charge in [-0.15, -0.1) is 0 Å². The Morgan fingerprint density at radius 3 is 2.59 bits per heavy atom. The number of nitrogens with zero attached hydrogens (tertiary/aromatic N) is 1. The van der Waals surface area contributed by atoms with E-state index in [0.29, 0.717) is 11.2 Å². The second-order valence-corrected chi connectivity index (χ2v) is 5.79. The largest absolute Gasteiger partial charge is 0.417 e. The molecule has 0 saturated heterocycles. The predicted octanol–water partition coefficient (Wildman–Crippen LogP) is 5.35. The van der Waals surface area contributed by atoms with Crippen LogP contribution in [-0.2, 0) is 6.18 Å². The van der Waals surface area contributed by atoms with Crippen LogP contribution in [0, 0.1) is 0 Å². The molecule has 0 unspecified atom stereocenters. The van der Waals surface area contributed by atoms with E-state index >= 15 is 0 Å². The zero-order chi connectivity index (χ0) is 15.3. The van der Waals surface area contributed by atoms with Gasteiger partial charge in [-0.2, -0.15) is 13.2 Å². The molecule has 2 heterocycles. The van der Waals surface area contributed by atoms with Crippen molar-refractivity contribution in [2.45, 2.75) is 11.1 Å². The Morgan fingerprint density at radius 2 is 1.77 bits per heavy atom. The molecule has 2 nitrogen and oxygen atoms in total. The highest BCUT2D eigenvalue weighted by Gasteiger charge is 2.33. The van der Waals surface area contributed by atoms with Gasteiger partial charge in [0.2, 0.25) is 0 Å². The number of anilines is 1. The van der Waals surface area contributed by atoms with Gasteiger partial charge in [0.1, 0.15) is 0 Å². The minimum atomic E-state index is -4.39. The van der Waals surface area contributed by atoms with Crippen molar-refractivity contribution in [2.75, 3.05) is 4.72 Å². The summed E-state index contributed by atoms with van der Waals surface area (Å²) in [5.74, 6) is 0. The lowest BCUT2D eigenvalue weighted by Gasteiger charge is -2.22. The van der Waals surface area contributed by atoms with E-state index in [-0.39, 0.29) is 5.39 Å². The van der Waals surface area contributed by atoms with Gasteiger partial charge in [-0.1, -0.05) is 30.3 Å². The van der Waals surface area contributed by atoms with E-state index < -0.39 is 11.7 Å². The number of fused-ring (bicyclic) bond motifs is 5. The summed E-state index contributed by atoms with van der Waals surface area (Å²) in [5.41, 5.74) is 2.18. The average molecular weight is 318 g/mol. The molecule has 0 bridgehead atoms. The number of nitrogens with one attached hydrogen (secondary N) is 1. The quantitative estimate of drug-likeness (QED) is 0.565. The van der Waals surface area contributed by atoms with Crippen LogP contribution < -0.4 is 4.72 Å². The molecule has 4 rings (SSSR count). The first kappa shape index (κ1) is 13.5. The summed E-state index contributed by atoms with van der Waals surface area (Å²) in [4.78, 5) is 5.21. The monoisotopic (exact) mass is 318 g/mol. The van der Waals surface area contributed by atoms with Crippen molar-refractivity contribution < 1.29 is 13.2 Å². The Balaban J connectivity index is 2.04. The van der Waals surface area contributed by atoms with Crippen LogP contribution in [0.5, 0.6) is 0 Å². The molecule has 1 aromatic heterocycles. The molecule has 1 aliphatic heterocycles. The highest BCUT2D eigenvalue weighted by molar-refractivity contribution is 8.00. The second kappa shape index (κ2) is 4.64. The van der Waals surface area contributed by atoms with Gasteiger partial charge in [0.05, 0.1) is 16.8 Å². The Kier molecular flexibility index (Phi) is 2.84. The number of rotatable bonds is 0. The van der Waals surface area contributed by atoms with Crippen molar-refractivity contribution in [2.24, 2.45) is 0 Å². The van der Waals surface area contributed by atoms with Gasteiger partial charge in [-0.25, -0.2) is 0 Å². The maximum absolute atomic E-state index is 13.1. The molecular formula is C16H9F3N2S. The van der Waals surface area contributed by atoms with Crippen LogP contribution in [0.1, 0.15) is 5.56 Å². The van der Waals surface area contributed by atoms with Crippen LogP contribution in [0.15, 0.2) is 53.6 Å². The Hall–Kier alpha value is -2.21. The smallest absolute Gasteiger partial charge is 0.323 e. The third kappa shape index (κ3) is 1.94. The van der Waals surface area contributed by atoms with Crippen LogP contribution in [0.25, 0.3) is 22.0 Å². The predicted molar refractivity (Wildman–Crippen MR) is 81.7 cm³/mol. The first-order valence-corrected chi connectivity index (χ1v) is 7.38. The van der Waals surface area contributed by atoms with Gasteiger partial charge in [-0.3, -0.25) is 4.98 Å².